The summed E-state index contributed by atoms with van der Waals surface area (Å²) in [6.07, 6.45) is 9.54. The molecule has 0 saturated heterocycles. The van der Waals surface area contributed by atoms with E-state index in [4.69, 9.17) is 9.90 Å². The molecule has 7 atom stereocenters. The van der Waals surface area contributed by atoms with Crippen LogP contribution >= 0.6 is 0 Å². The van der Waals surface area contributed by atoms with Gasteiger partial charge >= 0.3 is 0 Å². The number of aliphatic hydroxyl groups is 1. The van der Waals surface area contributed by atoms with Crippen molar-refractivity contribution in [2.75, 3.05) is 0 Å². The van der Waals surface area contributed by atoms with Crippen molar-refractivity contribution in [3.05, 3.63) is 11.6 Å². The van der Waals surface area contributed by atoms with Crippen LogP contribution in [0.5, 0.6) is 0 Å². The zero-order chi connectivity index (χ0) is 18.4. The predicted molar refractivity (Wildman–Crippen MR) is 96.0 cm³/mol. The molecule has 3 saturated carbocycles. The Morgan fingerprint density at radius 3 is 2.60 bits per heavy atom. The molecule has 4 nitrogen and oxygen atoms in total. The molecule has 140 valence electrons. The Balaban J connectivity index is 0.000000415. The lowest BCUT2D eigenvalue weighted by Gasteiger charge is -2.55. The first-order valence-corrected chi connectivity index (χ1v) is 9.85. The topological polar surface area (TPSA) is 74.6 Å². The van der Waals surface area contributed by atoms with Crippen molar-refractivity contribution in [3.8, 4) is 0 Å². The van der Waals surface area contributed by atoms with Crippen LogP contribution in [0.15, 0.2) is 11.6 Å². The van der Waals surface area contributed by atoms with Crippen LogP contribution in [0.25, 0.3) is 0 Å². The number of hydrogen-bond acceptors (Lipinski definition) is 3. The molecule has 0 aromatic carbocycles. The second kappa shape index (κ2) is 6.86. The Kier molecular flexibility index (Phi) is 5.11. The average molecular weight is 348 g/mol. The number of aliphatic carboxylic acids is 1. The van der Waals surface area contributed by atoms with Crippen molar-refractivity contribution in [3.63, 3.8) is 0 Å². The van der Waals surface area contributed by atoms with Gasteiger partial charge in [0, 0.05) is 13.3 Å². The van der Waals surface area contributed by atoms with Crippen molar-refractivity contribution >= 4 is 11.8 Å². The minimum Gasteiger partial charge on any atom is -0.481 e. The number of carbonyl (C=O) groups is 2. The normalized spacial score (nSPS) is 45.3. The highest BCUT2D eigenvalue weighted by atomic mass is 16.4. The Bertz CT molecular complexity index is 576. The third kappa shape index (κ3) is 3.30. The van der Waals surface area contributed by atoms with E-state index in [2.05, 4.69) is 13.8 Å². The summed E-state index contributed by atoms with van der Waals surface area (Å²) in [5.74, 6) is 3.13. The molecule has 0 bridgehead atoms. The van der Waals surface area contributed by atoms with Crippen LogP contribution in [-0.4, -0.2) is 28.1 Å². The van der Waals surface area contributed by atoms with E-state index in [0.717, 1.165) is 44.4 Å². The number of carbonyl (C=O) groups excluding carboxylic acids is 1. The van der Waals surface area contributed by atoms with Gasteiger partial charge in [-0.1, -0.05) is 19.4 Å². The number of rotatable bonds is 0. The van der Waals surface area contributed by atoms with Crippen LogP contribution in [0.1, 0.15) is 65.7 Å². The maximum absolute atomic E-state index is 11.8. The fraction of sp³-hybridized carbons (Fsp3) is 0.810. The number of ketones is 1. The van der Waals surface area contributed by atoms with E-state index in [0.29, 0.717) is 23.5 Å². The molecule has 4 rings (SSSR count). The van der Waals surface area contributed by atoms with Gasteiger partial charge in [0.25, 0.3) is 5.97 Å². The number of fused-ring (bicyclic) bond motifs is 5. The van der Waals surface area contributed by atoms with E-state index in [1.54, 1.807) is 0 Å². The van der Waals surface area contributed by atoms with Gasteiger partial charge in [-0.3, -0.25) is 9.59 Å². The lowest BCUT2D eigenvalue weighted by molar-refractivity contribution is -0.134. The van der Waals surface area contributed by atoms with Crippen LogP contribution in [0.4, 0.5) is 0 Å². The van der Waals surface area contributed by atoms with Crippen molar-refractivity contribution in [1.82, 2.24) is 0 Å². The van der Waals surface area contributed by atoms with Crippen molar-refractivity contribution in [2.24, 2.45) is 35.0 Å². The summed E-state index contributed by atoms with van der Waals surface area (Å²) in [5, 5.41) is 17.9. The molecule has 0 aliphatic heterocycles. The van der Waals surface area contributed by atoms with Crippen LogP contribution in [0.3, 0.4) is 0 Å². The van der Waals surface area contributed by atoms with E-state index >= 15 is 0 Å². The van der Waals surface area contributed by atoms with E-state index in [-0.39, 0.29) is 11.5 Å². The molecule has 0 spiro atoms. The van der Waals surface area contributed by atoms with Gasteiger partial charge in [-0.05, 0) is 79.6 Å². The molecule has 0 aromatic heterocycles. The van der Waals surface area contributed by atoms with Gasteiger partial charge in [0.15, 0.2) is 5.78 Å². The highest BCUT2D eigenvalue weighted by Gasteiger charge is 2.57. The Labute approximate surface area is 150 Å². The Morgan fingerprint density at radius 2 is 1.92 bits per heavy atom. The van der Waals surface area contributed by atoms with Gasteiger partial charge < -0.3 is 10.2 Å². The SMILES string of the molecule is CC(=O)O.C[C@@H]1CC2=CC(=O)CC[C@@H]2[C@H]2CC[C@]3(C)[C@@H](O)CC[C@H]3[C@@H]21. The van der Waals surface area contributed by atoms with Gasteiger partial charge in [-0.25, -0.2) is 0 Å². The monoisotopic (exact) mass is 348 g/mol. The van der Waals surface area contributed by atoms with E-state index in [1.807, 2.05) is 6.08 Å². The quantitative estimate of drug-likeness (QED) is 0.698. The summed E-state index contributed by atoms with van der Waals surface area (Å²) in [6, 6.07) is 0. The molecular weight excluding hydrogens is 316 g/mol. The van der Waals surface area contributed by atoms with Crippen LogP contribution in [0, 0.1) is 35.0 Å². The first-order valence-electron chi connectivity index (χ1n) is 9.85. The first kappa shape index (κ1) is 18.6. The second-order valence-electron chi connectivity index (χ2n) is 9.02. The lowest BCUT2D eigenvalue weighted by atomic mass is 9.49. The average Bonchev–Trinajstić information content (AvgIpc) is 2.82. The smallest absolute Gasteiger partial charge is 0.300 e. The van der Waals surface area contributed by atoms with Gasteiger partial charge in [-0.2, -0.15) is 0 Å². The van der Waals surface area contributed by atoms with E-state index < -0.39 is 5.97 Å². The molecule has 0 unspecified atom stereocenters. The van der Waals surface area contributed by atoms with Gasteiger partial charge in [-0.15, -0.1) is 0 Å². The zero-order valence-corrected chi connectivity index (χ0v) is 15.7. The zero-order valence-electron chi connectivity index (χ0n) is 15.7. The van der Waals surface area contributed by atoms with Gasteiger partial charge in [0.1, 0.15) is 0 Å². The number of carboxylic acid groups (broad SMARTS) is 1. The van der Waals surface area contributed by atoms with Gasteiger partial charge in [0.05, 0.1) is 6.10 Å². The molecule has 0 heterocycles. The summed E-state index contributed by atoms with van der Waals surface area (Å²) in [7, 11) is 0. The minimum absolute atomic E-state index is 0.0828. The number of carboxylic acids is 1. The molecule has 4 aliphatic rings. The van der Waals surface area contributed by atoms with Crippen molar-refractivity contribution in [2.45, 2.75) is 71.8 Å². The fourth-order valence-corrected chi connectivity index (χ4v) is 6.56. The maximum atomic E-state index is 11.8. The van der Waals surface area contributed by atoms with Crippen LogP contribution < -0.4 is 0 Å². The largest absolute Gasteiger partial charge is 0.481 e. The lowest BCUT2D eigenvalue weighted by Crippen LogP contribution is -2.50. The first-order chi connectivity index (χ1) is 11.7. The summed E-state index contributed by atoms with van der Waals surface area (Å²) in [5.41, 5.74) is 1.63. The summed E-state index contributed by atoms with van der Waals surface area (Å²) in [4.78, 5) is 20.8. The maximum Gasteiger partial charge on any atom is 0.300 e. The van der Waals surface area contributed by atoms with Crippen LogP contribution in [0.2, 0.25) is 0 Å². The molecule has 0 aromatic rings. The predicted octanol–water partition coefficient (Wildman–Crippen LogP) is 3.83. The minimum atomic E-state index is -0.833. The highest BCUT2D eigenvalue weighted by Crippen LogP contribution is 2.62. The number of hydrogen-bond donors (Lipinski definition) is 2. The van der Waals surface area contributed by atoms with Crippen molar-refractivity contribution in [1.29, 1.82) is 0 Å². The molecule has 3 fully saturated rings. The Hall–Kier alpha value is -1.16. The molecular formula is C21H32O4. The van der Waals surface area contributed by atoms with Crippen molar-refractivity contribution < 1.29 is 19.8 Å². The Morgan fingerprint density at radius 1 is 1.24 bits per heavy atom. The number of allylic oxidation sites excluding steroid dienone is 1. The number of aliphatic hydroxyl groups excluding tert-OH is 1. The van der Waals surface area contributed by atoms with Crippen LogP contribution in [-0.2, 0) is 9.59 Å². The highest BCUT2D eigenvalue weighted by molar-refractivity contribution is 5.91. The molecule has 0 radical (unpaired) electrons. The summed E-state index contributed by atoms with van der Waals surface area (Å²) < 4.78 is 0. The standard InChI is InChI=1S/C19H28O2.C2H4O2/c1-11-9-12-10-13(20)3-4-14(12)15-7-8-19(2)16(18(11)15)5-6-17(19)21;1-2(3)4/h10-11,14-18,21H,3-9H2,1-2H3;1H3,(H,3,4)/t11-,14+,15-,16+,17+,18-,19+;/m1./s1. The fourth-order valence-electron chi connectivity index (χ4n) is 6.56. The summed E-state index contributed by atoms with van der Waals surface area (Å²) >= 11 is 0. The van der Waals surface area contributed by atoms with E-state index in [9.17, 15) is 9.90 Å². The summed E-state index contributed by atoms with van der Waals surface area (Å²) in [6.45, 7) is 5.82. The third-order valence-corrected chi connectivity index (χ3v) is 7.59. The molecule has 4 heteroatoms. The molecule has 4 aliphatic carbocycles. The molecule has 25 heavy (non-hydrogen) atoms. The molecule has 2 N–H and O–H groups in total. The third-order valence-electron chi connectivity index (χ3n) is 7.59. The van der Waals surface area contributed by atoms with E-state index in [1.165, 1.54) is 24.8 Å². The van der Waals surface area contributed by atoms with Gasteiger partial charge in [0.2, 0.25) is 0 Å². The second-order valence-corrected chi connectivity index (χ2v) is 9.02. The molecule has 0 amide bonds.